The summed E-state index contributed by atoms with van der Waals surface area (Å²) in [5.41, 5.74) is 3.21. The second-order valence-corrected chi connectivity index (χ2v) is 5.83. The number of benzene rings is 2. The molecule has 0 bridgehead atoms. The number of hydrogen-bond acceptors (Lipinski definition) is 3. The minimum absolute atomic E-state index is 0.184. The first-order chi connectivity index (χ1) is 11.1. The fourth-order valence-corrected chi connectivity index (χ4v) is 3.06. The number of nitrogens with one attached hydrogen (secondary N) is 2. The van der Waals surface area contributed by atoms with Gasteiger partial charge in [0.1, 0.15) is 0 Å². The van der Waals surface area contributed by atoms with Crippen molar-refractivity contribution in [3.63, 3.8) is 0 Å². The Morgan fingerprint density at radius 2 is 1.87 bits per heavy atom. The molecule has 23 heavy (non-hydrogen) atoms. The Morgan fingerprint density at radius 3 is 2.57 bits per heavy atom. The van der Waals surface area contributed by atoms with Crippen molar-refractivity contribution in [2.75, 3.05) is 11.9 Å². The number of aryl methyl sites for hydroxylation is 2. The Bertz CT molecular complexity index is 756. The molecular weight excluding hydrogens is 292 g/mol. The summed E-state index contributed by atoms with van der Waals surface area (Å²) in [5.74, 6) is -1.44. The van der Waals surface area contributed by atoms with Crippen molar-refractivity contribution in [3.05, 3.63) is 41.5 Å². The van der Waals surface area contributed by atoms with Gasteiger partial charge in [0.2, 0.25) is 0 Å². The Kier molecular flexibility index (Phi) is 4.30. The molecule has 0 radical (unpaired) electrons. The number of carbonyl (C=O) groups is 2. The van der Waals surface area contributed by atoms with Crippen LogP contribution in [0.1, 0.15) is 24.5 Å². The maximum Gasteiger partial charge on any atom is 0.313 e. The van der Waals surface area contributed by atoms with Crippen LogP contribution < -0.4 is 10.6 Å². The van der Waals surface area contributed by atoms with Crippen LogP contribution in [0.3, 0.4) is 0 Å². The third-order valence-corrected chi connectivity index (χ3v) is 4.38. The molecule has 5 heteroatoms. The summed E-state index contributed by atoms with van der Waals surface area (Å²) in [4.78, 5) is 24.0. The van der Waals surface area contributed by atoms with Crippen LogP contribution in [0.2, 0.25) is 0 Å². The lowest BCUT2D eigenvalue weighted by Crippen LogP contribution is -2.43. The van der Waals surface area contributed by atoms with E-state index in [0.29, 0.717) is 12.1 Å². The number of amides is 2. The summed E-state index contributed by atoms with van der Waals surface area (Å²) in [7, 11) is 0. The maximum atomic E-state index is 12.1. The summed E-state index contributed by atoms with van der Waals surface area (Å²) >= 11 is 0. The summed E-state index contributed by atoms with van der Waals surface area (Å²) in [6, 6.07) is 9.49. The Labute approximate surface area is 134 Å². The molecule has 3 rings (SSSR count). The van der Waals surface area contributed by atoms with E-state index in [2.05, 4.69) is 16.7 Å². The van der Waals surface area contributed by atoms with E-state index in [1.54, 1.807) is 0 Å². The standard InChI is InChI=1S/C18H20N2O3/c1-2-13(10-21)19-17(22)18(23)20-15-9-8-12-7-6-11-4-3-5-14(15)16(11)12/h3-5,8-9,13,21H,2,6-7,10H2,1H3,(H,19,22)(H,20,23). The Hall–Kier alpha value is -2.40. The molecular formula is C18H20N2O3. The van der Waals surface area contributed by atoms with Crippen LogP contribution in [0.5, 0.6) is 0 Å². The smallest absolute Gasteiger partial charge is 0.313 e. The third kappa shape index (κ3) is 2.92. The molecule has 1 aliphatic carbocycles. The zero-order valence-electron chi connectivity index (χ0n) is 13.1. The highest BCUT2D eigenvalue weighted by Crippen LogP contribution is 2.34. The summed E-state index contributed by atoms with van der Waals surface area (Å²) in [5, 5.41) is 16.5. The van der Waals surface area contributed by atoms with E-state index < -0.39 is 17.9 Å². The fraction of sp³-hybridized carbons (Fsp3) is 0.333. The van der Waals surface area contributed by atoms with Crippen LogP contribution >= 0.6 is 0 Å². The van der Waals surface area contributed by atoms with Crippen LogP contribution in [-0.2, 0) is 22.4 Å². The highest BCUT2D eigenvalue weighted by molar-refractivity contribution is 6.40. The van der Waals surface area contributed by atoms with Gasteiger partial charge in [0, 0.05) is 11.1 Å². The molecule has 3 N–H and O–H groups in total. The van der Waals surface area contributed by atoms with Crippen LogP contribution in [0.4, 0.5) is 5.69 Å². The highest BCUT2D eigenvalue weighted by atomic mass is 16.3. The number of rotatable bonds is 4. The van der Waals surface area contributed by atoms with Crippen molar-refractivity contribution in [2.24, 2.45) is 0 Å². The van der Waals surface area contributed by atoms with Gasteiger partial charge in [-0.2, -0.15) is 0 Å². The first-order valence-electron chi connectivity index (χ1n) is 7.90. The van der Waals surface area contributed by atoms with Crippen molar-refractivity contribution in [1.82, 2.24) is 5.32 Å². The zero-order chi connectivity index (χ0) is 16.4. The van der Waals surface area contributed by atoms with Gasteiger partial charge >= 0.3 is 11.8 Å². The van der Waals surface area contributed by atoms with Crippen LogP contribution in [0, 0.1) is 0 Å². The van der Waals surface area contributed by atoms with Crippen LogP contribution in [0.25, 0.3) is 10.8 Å². The lowest BCUT2D eigenvalue weighted by atomic mass is 10.0. The third-order valence-electron chi connectivity index (χ3n) is 4.38. The summed E-state index contributed by atoms with van der Waals surface area (Å²) in [6.07, 6.45) is 2.59. The van der Waals surface area contributed by atoms with E-state index in [0.717, 1.165) is 18.2 Å². The van der Waals surface area contributed by atoms with E-state index in [1.807, 2.05) is 31.2 Å². The molecule has 1 atom stereocenters. The normalized spacial score (nSPS) is 13.8. The topological polar surface area (TPSA) is 78.4 Å². The van der Waals surface area contributed by atoms with E-state index in [1.165, 1.54) is 16.5 Å². The first kappa shape index (κ1) is 15.5. The first-order valence-corrected chi connectivity index (χ1v) is 7.90. The Morgan fingerprint density at radius 1 is 1.13 bits per heavy atom. The predicted molar refractivity (Wildman–Crippen MR) is 89.3 cm³/mol. The molecule has 0 spiro atoms. The van der Waals surface area contributed by atoms with Crippen molar-refractivity contribution in [3.8, 4) is 0 Å². The second-order valence-electron chi connectivity index (χ2n) is 5.83. The quantitative estimate of drug-likeness (QED) is 0.753. The molecule has 2 aromatic rings. The molecule has 0 aromatic heterocycles. The molecule has 1 aliphatic rings. The van der Waals surface area contributed by atoms with Gasteiger partial charge in [-0.15, -0.1) is 0 Å². The second kappa shape index (κ2) is 6.38. The maximum absolute atomic E-state index is 12.1. The number of carbonyl (C=O) groups excluding carboxylic acids is 2. The molecule has 2 aromatic carbocycles. The van der Waals surface area contributed by atoms with E-state index in [9.17, 15) is 9.59 Å². The average molecular weight is 312 g/mol. The Balaban J connectivity index is 1.82. The molecule has 0 saturated heterocycles. The van der Waals surface area contributed by atoms with Crippen molar-refractivity contribution >= 4 is 28.3 Å². The monoisotopic (exact) mass is 312 g/mol. The van der Waals surface area contributed by atoms with Gasteiger partial charge in [-0.3, -0.25) is 9.59 Å². The molecule has 120 valence electrons. The highest BCUT2D eigenvalue weighted by Gasteiger charge is 2.20. The molecule has 1 unspecified atom stereocenters. The number of hydrogen-bond donors (Lipinski definition) is 3. The van der Waals surface area contributed by atoms with E-state index in [4.69, 9.17) is 5.11 Å². The van der Waals surface area contributed by atoms with Crippen LogP contribution in [0.15, 0.2) is 30.3 Å². The van der Waals surface area contributed by atoms with Gasteiger partial charge in [0.25, 0.3) is 0 Å². The van der Waals surface area contributed by atoms with Crippen molar-refractivity contribution in [1.29, 1.82) is 0 Å². The molecule has 0 heterocycles. The van der Waals surface area contributed by atoms with E-state index >= 15 is 0 Å². The predicted octanol–water partition coefficient (Wildman–Crippen LogP) is 1.76. The van der Waals surface area contributed by atoms with Gasteiger partial charge in [-0.1, -0.05) is 31.2 Å². The number of aliphatic hydroxyl groups is 1. The molecule has 0 fully saturated rings. The van der Waals surface area contributed by atoms with Crippen LogP contribution in [-0.4, -0.2) is 29.6 Å². The van der Waals surface area contributed by atoms with Gasteiger partial charge < -0.3 is 15.7 Å². The summed E-state index contributed by atoms with van der Waals surface area (Å²) < 4.78 is 0. The zero-order valence-corrected chi connectivity index (χ0v) is 13.1. The molecule has 0 aliphatic heterocycles. The van der Waals surface area contributed by atoms with E-state index in [-0.39, 0.29) is 6.61 Å². The lowest BCUT2D eigenvalue weighted by Gasteiger charge is -2.14. The minimum Gasteiger partial charge on any atom is -0.394 e. The minimum atomic E-state index is -0.728. The largest absolute Gasteiger partial charge is 0.394 e. The van der Waals surface area contributed by atoms with Gasteiger partial charge in [0.15, 0.2) is 0 Å². The SMILES string of the molecule is CCC(CO)NC(=O)C(=O)Nc1ccc2c3c(cccc13)CC2. The molecule has 5 nitrogen and oxygen atoms in total. The van der Waals surface area contributed by atoms with Gasteiger partial charge in [-0.25, -0.2) is 0 Å². The molecule has 0 saturated carbocycles. The number of aliphatic hydroxyl groups excluding tert-OH is 1. The van der Waals surface area contributed by atoms with Gasteiger partial charge in [0.05, 0.1) is 12.6 Å². The lowest BCUT2D eigenvalue weighted by molar-refractivity contribution is -0.136. The van der Waals surface area contributed by atoms with Gasteiger partial charge in [-0.05, 0) is 41.8 Å². The fourth-order valence-electron chi connectivity index (χ4n) is 3.06. The average Bonchev–Trinajstić information content (AvgIpc) is 2.99. The summed E-state index contributed by atoms with van der Waals surface area (Å²) in [6.45, 7) is 1.65. The number of anilines is 1. The molecule has 2 amide bonds. The van der Waals surface area contributed by atoms with Crippen molar-refractivity contribution < 1.29 is 14.7 Å². The van der Waals surface area contributed by atoms with Crippen molar-refractivity contribution in [2.45, 2.75) is 32.2 Å².